The fourth-order valence-electron chi connectivity index (χ4n) is 1.67. The monoisotopic (exact) mass is 392 g/mol. The minimum absolute atomic E-state index is 0.374. The second-order valence-corrected chi connectivity index (χ2v) is 11.3. The van der Waals surface area contributed by atoms with E-state index in [9.17, 15) is 9.13 Å². The summed E-state index contributed by atoms with van der Waals surface area (Å²) < 4.78 is 20.4. The molecule has 0 amide bonds. The lowest BCUT2D eigenvalue weighted by atomic mass is 10.4. The van der Waals surface area contributed by atoms with Crippen molar-refractivity contribution in [2.24, 2.45) is 0 Å². The van der Waals surface area contributed by atoms with Crippen LogP contribution in [0.1, 0.15) is 0 Å². The Kier molecular flexibility index (Phi) is 6.16. The van der Waals surface area contributed by atoms with Gasteiger partial charge in [-0.15, -0.1) is 0 Å². The molecule has 0 unspecified atom stereocenters. The molecule has 10 heteroatoms. The van der Waals surface area contributed by atoms with E-state index in [0.29, 0.717) is 16.7 Å². The normalized spacial score (nSPS) is 12.6. The molecule has 0 bridgehead atoms. The fraction of sp³-hybridized carbons (Fsp3) is 0.0769. The van der Waals surface area contributed by atoms with Gasteiger partial charge in [0.1, 0.15) is 0 Å². The van der Waals surface area contributed by atoms with E-state index in [1.165, 1.54) is 11.8 Å². The van der Waals surface area contributed by atoms with Crippen molar-refractivity contribution in [1.82, 2.24) is 0 Å². The quantitative estimate of drug-likeness (QED) is 0.436. The maximum atomic E-state index is 11.3. The van der Waals surface area contributed by atoms with Crippen molar-refractivity contribution < 1.29 is 28.7 Å². The van der Waals surface area contributed by atoms with E-state index in [0.717, 1.165) is 9.79 Å². The summed E-state index contributed by atoms with van der Waals surface area (Å²) in [6.07, 6.45) is 0. The number of rotatable bonds is 6. The minimum atomic E-state index is -4.93. The van der Waals surface area contributed by atoms with Crippen molar-refractivity contribution in [3.05, 3.63) is 54.6 Å². The smallest absolute Gasteiger partial charge is 0.323 e. The van der Waals surface area contributed by atoms with Gasteiger partial charge in [0.15, 0.2) is 0 Å². The second kappa shape index (κ2) is 7.55. The molecule has 0 atom stereocenters. The molecular weight excluding hydrogens is 378 g/mol. The predicted octanol–water partition coefficient (Wildman–Crippen LogP) is 3.57. The molecule has 6 nitrogen and oxygen atoms in total. The maximum absolute atomic E-state index is 11.3. The summed E-state index contributed by atoms with van der Waals surface area (Å²) in [5.74, 6) is 0. The summed E-state index contributed by atoms with van der Waals surface area (Å²) in [7, 11) is -9.87. The van der Waals surface area contributed by atoms with Crippen LogP contribution in [0, 0.1) is 0 Å². The van der Waals surface area contributed by atoms with Crippen LogP contribution in [-0.2, 0) is 9.13 Å². The van der Waals surface area contributed by atoms with Crippen LogP contribution in [0.15, 0.2) is 69.3 Å². The molecule has 0 heterocycles. The number of hydrogen-bond acceptors (Lipinski definition) is 4. The SMILES string of the molecule is O=P(O)(O)C(Sc1ccc(Sc2ccccc2)cc1)P(=O)(O)O. The molecule has 23 heavy (non-hydrogen) atoms. The molecule has 4 N–H and O–H groups in total. The van der Waals surface area contributed by atoms with Gasteiger partial charge < -0.3 is 19.6 Å². The third-order valence-corrected chi connectivity index (χ3v) is 9.63. The second-order valence-electron chi connectivity index (χ2n) is 4.51. The molecular formula is C13H14O6P2S2. The lowest BCUT2D eigenvalue weighted by Gasteiger charge is -2.18. The van der Waals surface area contributed by atoms with E-state index in [2.05, 4.69) is 0 Å². The molecule has 2 rings (SSSR count). The highest BCUT2D eigenvalue weighted by molar-refractivity contribution is 8.12. The fourth-order valence-corrected chi connectivity index (χ4v) is 6.44. The van der Waals surface area contributed by atoms with Gasteiger partial charge in [0.2, 0.25) is 4.73 Å². The summed E-state index contributed by atoms with van der Waals surface area (Å²) >= 11 is 1.99. The first-order chi connectivity index (χ1) is 10.7. The largest absolute Gasteiger partial charge is 0.351 e. The van der Waals surface area contributed by atoms with E-state index in [1.54, 1.807) is 24.3 Å². The third-order valence-electron chi connectivity index (χ3n) is 2.62. The Labute approximate surface area is 141 Å². The van der Waals surface area contributed by atoms with Crippen molar-refractivity contribution in [2.75, 3.05) is 0 Å². The van der Waals surface area contributed by atoms with E-state index in [4.69, 9.17) is 19.6 Å². The minimum Gasteiger partial charge on any atom is -0.323 e. The molecule has 0 spiro atoms. The average molecular weight is 392 g/mol. The molecule has 0 fully saturated rings. The van der Waals surface area contributed by atoms with Gasteiger partial charge in [-0.05, 0) is 36.4 Å². The van der Waals surface area contributed by atoms with Crippen molar-refractivity contribution in [1.29, 1.82) is 0 Å². The molecule has 0 aliphatic heterocycles. The summed E-state index contributed by atoms with van der Waals surface area (Å²) in [5, 5.41) is 0. The number of benzene rings is 2. The summed E-state index contributed by atoms with van der Waals surface area (Å²) in [5.41, 5.74) is 0. The van der Waals surface area contributed by atoms with Crippen molar-refractivity contribution in [3.63, 3.8) is 0 Å². The van der Waals surface area contributed by atoms with Crippen molar-refractivity contribution >= 4 is 38.7 Å². The summed E-state index contributed by atoms with van der Waals surface area (Å²) in [6.45, 7) is 0. The Hall–Kier alpha value is -0.560. The van der Waals surface area contributed by atoms with Gasteiger partial charge in [0.05, 0.1) is 0 Å². The summed E-state index contributed by atoms with van der Waals surface area (Å²) in [4.78, 5) is 38.8. The average Bonchev–Trinajstić information content (AvgIpc) is 2.45. The molecule has 0 saturated carbocycles. The van der Waals surface area contributed by atoms with Gasteiger partial charge in [-0.2, -0.15) is 0 Å². The van der Waals surface area contributed by atoms with Gasteiger partial charge in [-0.1, -0.05) is 41.7 Å². The van der Waals surface area contributed by atoms with Crippen LogP contribution in [0.3, 0.4) is 0 Å². The van der Waals surface area contributed by atoms with Crippen LogP contribution in [0.25, 0.3) is 0 Å². The first kappa shape index (κ1) is 18.8. The maximum Gasteiger partial charge on any atom is 0.351 e. The van der Waals surface area contributed by atoms with Crippen LogP contribution in [0.5, 0.6) is 0 Å². The molecule has 0 aliphatic rings. The third kappa shape index (κ3) is 5.78. The zero-order valence-electron chi connectivity index (χ0n) is 11.6. The van der Waals surface area contributed by atoms with Crippen LogP contribution >= 0.6 is 38.7 Å². The van der Waals surface area contributed by atoms with E-state index >= 15 is 0 Å². The topological polar surface area (TPSA) is 115 Å². The highest BCUT2D eigenvalue weighted by Crippen LogP contribution is 2.65. The highest BCUT2D eigenvalue weighted by atomic mass is 32.2. The van der Waals surface area contributed by atoms with Crippen LogP contribution in [-0.4, -0.2) is 24.3 Å². The van der Waals surface area contributed by atoms with Gasteiger partial charge in [0.25, 0.3) is 0 Å². The van der Waals surface area contributed by atoms with Crippen LogP contribution in [0.2, 0.25) is 0 Å². The Balaban J connectivity index is 2.13. The van der Waals surface area contributed by atoms with E-state index in [-0.39, 0.29) is 0 Å². The zero-order chi connectivity index (χ0) is 17.1. The highest BCUT2D eigenvalue weighted by Gasteiger charge is 2.44. The predicted molar refractivity (Wildman–Crippen MR) is 90.7 cm³/mol. The lowest BCUT2D eigenvalue weighted by Crippen LogP contribution is -2.04. The van der Waals surface area contributed by atoms with E-state index < -0.39 is 19.9 Å². The molecule has 0 radical (unpaired) electrons. The van der Waals surface area contributed by atoms with Gasteiger partial charge in [0, 0.05) is 14.7 Å². The molecule has 0 saturated heterocycles. The number of hydrogen-bond donors (Lipinski definition) is 4. The Bertz CT molecular complexity index is 719. The molecule has 0 aliphatic carbocycles. The molecule has 2 aromatic rings. The zero-order valence-corrected chi connectivity index (χ0v) is 15.0. The van der Waals surface area contributed by atoms with Crippen LogP contribution in [0.4, 0.5) is 0 Å². The van der Waals surface area contributed by atoms with Gasteiger partial charge in [-0.25, -0.2) is 0 Å². The first-order valence-corrected chi connectivity index (χ1v) is 11.3. The molecule has 0 aromatic heterocycles. The van der Waals surface area contributed by atoms with Crippen LogP contribution < -0.4 is 0 Å². The summed E-state index contributed by atoms with van der Waals surface area (Å²) in [6, 6.07) is 16.3. The van der Waals surface area contributed by atoms with E-state index in [1.807, 2.05) is 30.3 Å². The first-order valence-electron chi connectivity index (χ1n) is 6.26. The standard InChI is InChI=1S/C13H14O6P2S2/c14-20(15,16)13(21(17,18)19)23-12-8-6-11(7-9-12)22-10-4-2-1-3-5-10/h1-9,13H,(H2,14,15,16)(H2,17,18,19). The van der Waals surface area contributed by atoms with Crippen molar-refractivity contribution in [3.8, 4) is 0 Å². The number of thioether (sulfide) groups is 1. The van der Waals surface area contributed by atoms with Gasteiger partial charge >= 0.3 is 15.2 Å². The molecule has 124 valence electrons. The molecule has 2 aromatic carbocycles. The lowest BCUT2D eigenvalue weighted by molar-refractivity contribution is 0.352. The Morgan fingerprint density at radius 2 is 1.13 bits per heavy atom. The van der Waals surface area contributed by atoms with Crippen molar-refractivity contribution in [2.45, 2.75) is 19.4 Å². The Morgan fingerprint density at radius 3 is 1.61 bits per heavy atom. The Morgan fingerprint density at radius 1 is 0.696 bits per heavy atom. The van der Waals surface area contributed by atoms with Gasteiger partial charge in [-0.3, -0.25) is 9.13 Å².